The van der Waals surface area contributed by atoms with Crippen LogP contribution in [0.3, 0.4) is 0 Å². The Hall–Kier alpha value is -1.93. The summed E-state index contributed by atoms with van der Waals surface area (Å²) >= 11 is 7.71. The number of carbonyl (C=O) groups is 3. The van der Waals surface area contributed by atoms with Crippen molar-refractivity contribution in [3.63, 3.8) is 0 Å². The smallest absolute Gasteiger partial charge is 0.247 e. The molecule has 1 saturated carbocycles. The van der Waals surface area contributed by atoms with Gasteiger partial charge in [0.25, 0.3) is 0 Å². The van der Waals surface area contributed by atoms with Crippen molar-refractivity contribution < 1.29 is 23.9 Å². The van der Waals surface area contributed by atoms with Gasteiger partial charge >= 0.3 is 0 Å². The Morgan fingerprint density at radius 1 is 1.17 bits per heavy atom. The number of fused-ring (bicyclic) bond motifs is 1. The van der Waals surface area contributed by atoms with Crippen LogP contribution in [0.15, 0.2) is 12.1 Å². The quantitative estimate of drug-likeness (QED) is 0.604. The number of hydrogen-bond acceptors (Lipinski definition) is 6. The highest BCUT2D eigenvalue weighted by atomic mass is 35.5. The minimum atomic E-state index is -0.866. The number of hydrogen-bond donors (Lipinski definition) is 1. The number of nitrogens with one attached hydrogen (secondary N) is 1. The van der Waals surface area contributed by atoms with Crippen molar-refractivity contribution in [2.24, 2.45) is 11.8 Å². The number of likely N-dealkylation sites (tertiary alicyclic amines) is 1. The van der Waals surface area contributed by atoms with E-state index in [1.807, 2.05) is 6.26 Å². The average molecular weight is 455 g/mol. The van der Waals surface area contributed by atoms with E-state index in [2.05, 4.69) is 5.32 Å². The van der Waals surface area contributed by atoms with E-state index in [1.54, 1.807) is 23.9 Å². The Kier molecular flexibility index (Phi) is 7.52. The van der Waals surface area contributed by atoms with Crippen LogP contribution in [0.5, 0.6) is 11.5 Å². The Balaban J connectivity index is 1.88. The summed E-state index contributed by atoms with van der Waals surface area (Å²) in [6.45, 7) is 0. The summed E-state index contributed by atoms with van der Waals surface area (Å²) in [4.78, 5) is 40.5. The van der Waals surface area contributed by atoms with Gasteiger partial charge in [-0.05, 0) is 31.3 Å². The Morgan fingerprint density at radius 3 is 2.30 bits per heavy atom. The Labute approximate surface area is 185 Å². The van der Waals surface area contributed by atoms with Crippen molar-refractivity contribution in [2.45, 2.75) is 38.1 Å². The summed E-state index contributed by atoms with van der Waals surface area (Å²) in [5, 5.41) is 3.16. The summed E-state index contributed by atoms with van der Waals surface area (Å²) in [5.74, 6) is -0.0449. The molecule has 0 unspecified atom stereocenters. The van der Waals surface area contributed by atoms with Gasteiger partial charge in [0.2, 0.25) is 17.7 Å². The van der Waals surface area contributed by atoms with Crippen LogP contribution < -0.4 is 14.8 Å². The van der Waals surface area contributed by atoms with Crippen molar-refractivity contribution in [3.05, 3.63) is 17.2 Å². The van der Waals surface area contributed by atoms with Gasteiger partial charge in [-0.15, -0.1) is 0 Å². The molecule has 3 atom stereocenters. The van der Waals surface area contributed by atoms with E-state index >= 15 is 0 Å². The van der Waals surface area contributed by atoms with Crippen LogP contribution >= 0.6 is 23.4 Å². The second-order valence-corrected chi connectivity index (χ2v) is 8.91. The lowest BCUT2D eigenvalue weighted by Crippen LogP contribution is -2.48. The van der Waals surface area contributed by atoms with Crippen LogP contribution in [-0.4, -0.2) is 54.9 Å². The normalized spacial score (nSPS) is 21.9. The average Bonchev–Trinajstić information content (AvgIpc) is 3.00. The molecule has 1 aromatic carbocycles. The molecule has 0 radical (unpaired) electrons. The molecule has 30 heavy (non-hydrogen) atoms. The fourth-order valence-corrected chi connectivity index (χ4v) is 4.97. The summed E-state index contributed by atoms with van der Waals surface area (Å²) in [6.07, 6.45) is 5.62. The minimum Gasteiger partial charge on any atom is -0.495 e. The van der Waals surface area contributed by atoms with Gasteiger partial charge in [-0.3, -0.25) is 19.3 Å². The number of thioether (sulfide) groups is 1. The monoisotopic (exact) mass is 454 g/mol. The number of amides is 3. The first-order valence-electron chi connectivity index (χ1n) is 10.0. The van der Waals surface area contributed by atoms with Crippen LogP contribution in [0.4, 0.5) is 5.69 Å². The first-order valence-corrected chi connectivity index (χ1v) is 11.8. The van der Waals surface area contributed by atoms with Gasteiger partial charge in [-0.2, -0.15) is 11.8 Å². The fourth-order valence-electron chi connectivity index (χ4n) is 4.28. The molecule has 1 aliphatic heterocycles. The summed E-state index contributed by atoms with van der Waals surface area (Å²) in [6, 6.07) is 2.25. The summed E-state index contributed by atoms with van der Waals surface area (Å²) < 4.78 is 10.6. The van der Waals surface area contributed by atoms with E-state index in [-0.39, 0.29) is 23.7 Å². The highest BCUT2D eigenvalue weighted by Gasteiger charge is 2.51. The highest BCUT2D eigenvalue weighted by molar-refractivity contribution is 7.98. The van der Waals surface area contributed by atoms with Crippen molar-refractivity contribution >= 4 is 46.8 Å². The number of benzene rings is 1. The van der Waals surface area contributed by atoms with E-state index in [9.17, 15) is 14.4 Å². The first kappa shape index (κ1) is 22.7. The molecular formula is C21H27ClN2O5S. The zero-order chi connectivity index (χ0) is 21.8. The number of carbonyl (C=O) groups excluding carboxylic acids is 3. The lowest BCUT2D eigenvalue weighted by molar-refractivity contribution is -0.146. The van der Waals surface area contributed by atoms with Crippen molar-refractivity contribution in [2.75, 3.05) is 31.5 Å². The number of nitrogens with zero attached hydrogens (tertiary/aromatic N) is 1. The molecule has 3 amide bonds. The predicted molar refractivity (Wildman–Crippen MR) is 117 cm³/mol. The van der Waals surface area contributed by atoms with Crippen molar-refractivity contribution in [1.82, 2.24) is 4.90 Å². The van der Waals surface area contributed by atoms with E-state index in [1.165, 1.54) is 19.1 Å². The van der Waals surface area contributed by atoms with Gasteiger partial charge in [-0.25, -0.2) is 0 Å². The Morgan fingerprint density at radius 2 is 1.77 bits per heavy atom. The third-order valence-electron chi connectivity index (χ3n) is 5.82. The van der Waals surface area contributed by atoms with E-state index in [4.69, 9.17) is 21.1 Å². The highest BCUT2D eigenvalue weighted by Crippen LogP contribution is 2.40. The van der Waals surface area contributed by atoms with Gasteiger partial charge in [0.05, 0.1) is 36.8 Å². The topological polar surface area (TPSA) is 84.9 Å². The predicted octanol–water partition coefficient (Wildman–Crippen LogP) is 3.59. The molecule has 2 fully saturated rings. The second-order valence-electron chi connectivity index (χ2n) is 7.52. The number of ether oxygens (including phenoxy) is 2. The van der Waals surface area contributed by atoms with Crippen LogP contribution in [0.25, 0.3) is 0 Å². The maximum Gasteiger partial charge on any atom is 0.247 e. The molecule has 0 bridgehead atoms. The molecule has 2 aliphatic rings. The standard InChI is InChI=1S/C21H27ClN2O5S/c1-28-17-11-15(18(29-2)10-14(17)22)23-19(25)16(8-9-30-3)24-20(26)12-6-4-5-7-13(12)21(24)27/h10-13,16H,4-9H2,1-3H3,(H,23,25)/t12-,13+,16-/m0/s1. The molecule has 0 aromatic heterocycles. The molecule has 7 nitrogen and oxygen atoms in total. The van der Waals surface area contributed by atoms with Crippen LogP contribution in [0, 0.1) is 11.8 Å². The molecule has 1 N–H and O–H groups in total. The molecule has 1 aromatic rings. The third-order valence-corrected chi connectivity index (χ3v) is 6.76. The third kappa shape index (κ3) is 4.39. The van der Waals surface area contributed by atoms with Gasteiger partial charge in [0.1, 0.15) is 17.5 Å². The van der Waals surface area contributed by atoms with Gasteiger partial charge in [0.15, 0.2) is 0 Å². The first-order chi connectivity index (χ1) is 14.4. The largest absolute Gasteiger partial charge is 0.495 e. The molecule has 1 aliphatic carbocycles. The zero-order valence-corrected chi connectivity index (χ0v) is 19.0. The van der Waals surface area contributed by atoms with Crippen molar-refractivity contribution in [1.29, 1.82) is 0 Å². The lowest BCUT2D eigenvalue weighted by Gasteiger charge is -2.26. The minimum absolute atomic E-state index is 0.216. The maximum atomic E-state index is 13.3. The fraction of sp³-hybridized carbons (Fsp3) is 0.571. The van der Waals surface area contributed by atoms with Crippen molar-refractivity contribution in [3.8, 4) is 11.5 Å². The molecule has 3 rings (SSSR count). The molecule has 1 saturated heterocycles. The Bertz CT molecular complexity index is 810. The van der Waals surface area contributed by atoms with Gasteiger partial charge < -0.3 is 14.8 Å². The van der Waals surface area contributed by atoms with E-state index in [0.717, 1.165) is 12.8 Å². The zero-order valence-electron chi connectivity index (χ0n) is 17.4. The van der Waals surface area contributed by atoms with E-state index in [0.29, 0.717) is 47.2 Å². The lowest BCUT2D eigenvalue weighted by atomic mass is 9.81. The van der Waals surface area contributed by atoms with Gasteiger partial charge in [0, 0.05) is 12.1 Å². The number of anilines is 1. The second kappa shape index (κ2) is 9.92. The van der Waals surface area contributed by atoms with E-state index < -0.39 is 11.9 Å². The van der Waals surface area contributed by atoms with Crippen LogP contribution in [-0.2, 0) is 14.4 Å². The van der Waals surface area contributed by atoms with Crippen LogP contribution in [0.2, 0.25) is 5.02 Å². The molecule has 9 heteroatoms. The summed E-state index contributed by atoms with van der Waals surface area (Å²) in [7, 11) is 2.95. The number of methoxy groups -OCH3 is 2. The molecule has 0 spiro atoms. The van der Waals surface area contributed by atoms with Crippen LogP contribution in [0.1, 0.15) is 32.1 Å². The molecule has 1 heterocycles. The number of halogens is 1. The van der Waals surface area contributed by atoms with Gasteiger partial charge in [-0.1, -0.05) is 24.4 Å². The molecular weight excluding hydrogens is 428 g/mol. The molecule has 164 valence electrons. The summed E-state index contributed by atoms with van der Waals surface area (Å²) in [5.41, 5.74) is 0.370. The maximum absolute atomic E-state index is 13.3. The number of imide groups is 1. The SMILES string of the molecule is COc1cc(NC(=O)[C@H](CCSC)N2C(=O)[C@H]3CCCC[C@H]3C2=O)c(OC)cc1Cl. The number of rotatable bonds is 8.